The van der Waals surface area contributed by atoms with Crippen LogP contribution < -0.4 is 4.90 Å². The molecule has 1 aliphatic heterocycles. The molecule has 2 aromatic carbocycles. The summed E-state index contributed by atoms with van der Waals surface area (Å²) in [6, 6.07) is 13.8. The fourth-order valence-electron chi connectivity index (χ4n) is 5.03. The number of anilines is 1. The summed E-state index contributed by atoms with van der Waals surface area (Å²) < 4.78 is 0. The number of aliphatic carboxylic acids is 1. The second-order valence-electron chi connectivity index (χ2n) is 9.09. The van der Waals surface area contributed by atoms with Crippen LogP contribution in [-0.4, -0.2) is 59.8 Å². The molecule has 0 saturated carbocycles. The Bertz CT molecular complexity index is 1050. The standard InChI is InChI=1S/C27H33N3O3S/c1-3-24-21(17-26(31)32)8-6-20-7-9-22(16-25(20)24)27(33)29(2)23-10-4-19(5-11-23)18-28-30-12-14-34-15-13-30/h4-5,7,9-11,16,18,21,24H,3,6,8,12-15,17H2,1-2H3,(H,31,32). The van der Waals surface area contributed by atoms with E-state index >= 15 is 0 Å². The Balaban J connectivity index is 1.47. The molecular formula is C27H33N3O3S. The molecule has 34 heavy (non-hydrogen) atoms. The zero-order valence-electron chi connectivity index (χ0n) is 19.9. The van der Waals surface area contributed by atoms with E-state index in [4.69, 9.17) is 0 Å². The molecule has 2 atom stereocenters. The Morgan fingerprint density at radius 2 is 1.91 bits per heavy atom. The van der Waals surface area contributed by atoms with Crippen molar-refractivity contribution in [2.24, 2.45) is 11.0 Å². The van der Waals surface area contributed by atoms with Crippen molar-refractivity contribution in [1.29, 1.82) is 0 Å². The average Bonchev–Trinajstić information content (AvgIpc) is 2.86. The van der Waals surface area contributed by atoms with E-state index in [9.17, 15) is 14.7 Å². The third kappa shape index (κ3) is 5.63. The van der Waals surface area contributed by atoms with Gasteiger partial charge >= 0.3 is 5.97 Å². The zero-order chi connectivity index (χ0) is 24.1. The van der Waals surface area contributed by atoms with E-state index in [1.165, 1.54) is 5.56 Å². The molecule has 6 nitrogen and oxygen atoms in total. The van der Waals surface area contributed by atoms with Gasteiger partial charge in [-0.2, -0.15) is 16.9 Å². The first-order valence-electron chi connectivity index (χ1n) is 12.1. The summed E-state index contributed by atoms with van der Waals surface area (Å²) in [5.41, 5.74) is 4.85. The molecule has 1 fully saturated rings. The molecule has 0 spiro atoms. The van der Waals surface area contributed by atoms with Crippen LogP contribution in [0, 0.1) is 5.92 Å². The lowest BCUT2D eigenvalue weighted by Gasteiger charge is -2.33. The zero-order valence-corrected chi connectivity index (χ0v) is 20.8. The first-order valence-corrected chi connectivity index (χ1v) is 13.2. The number of carboxylic acids is 1. The summed E-state index contributed by atoms with van der Waals surface area (Å²) in [6.45, 7) is 4.06. The fourth-order valence-corrected chi connectivity index (χ4v) is 5.91. The summed E-state index contributed by atoms with van der Waals surface area (Å²) in [4.78, 5) is 26.3. The van der Waals surface area contributed by atoms with Crippen LogP contribution in [0.5, 0.6) is 0 Å². The molecule has 7 heteroatoms. The van der Waals surface area contributed by atoms with Crippen LogP contribution in [0.15, 0.2) is 47.6 Å². The lowest BCUT2D eigenvalue weighted by atomic mass is 9.72. The molecular weight excluding hydrogens is 446 g/mol. The van der Waals surface area contributed by atoms with Gasteiger partial charge in [0.2, 0.25) is 0 Å². The van der Waals surface area contributed by atoms with E-state index in [1.807, 2.05) is 54.4 Å². The van der Waals surface area contributed by atoms with Crippen LogP contribution >= 0.6 is 11.8 Å². The lowest BCUT2D eigenvalue weighted by Crippen LogP contribution is -2.28. The molecule has 1 N–H and O–H groups in total. The average molecular weight is 480 g/mol. The Kier molecular flexibility index (Phi) is 7.93. The maximum absolute atomic E-state index is 13.3. The van der Waals surface area contributed by atoms with E-state index in [0.717, 1.165) is 60.7 Å². The maximum Gasteiger partial charge on any atom is 0.303 e. The van der Waals surface area contributed by atoms with E-state index in [0.29, 0.717) is 5.56 Å². The number of hydrogen-bond donors (Lipinski definition) is 1. The number of fused-ring (bicyclic) bond motifs is 1. The van der Waals surface area contributed by atoms with Gasteiger partial charge in [0.1, 0.15) is 0 Å². The summed E-state index contributed by atoms with van der Waals surface area (Å²) in [7, 11) is 1.79. The van der Waals surface area contributed by atoms with Gasteiger partial charge in [-0.1, -0.05) is 25.1 Å². The molecule has 2 unspecified atom stereocenters. The minimum absolute atomic E-state index is 0.0646. The molecule has 1 heterocycles. The number of rotatable bonds is 7. The highest BCUT2D eigenvalue weighted by Crippen LogP contribution is 2.40. The summed E-state index contributed by atoms with van der Waals surface area (Å²) in [5, 5.41) is 16.0. The molecule has 0 radical (unpaired) electrons. The molecule has 2 aliphatic rings. The monoisotopic (exact) mass is 479 g/mol. The second-order valence-corrected chi connectivity index (χ2v) is 10.3. The third-order valence-corrected chi connectivity index (χ3v) is 7.91. The highest BCUT2D eigenvalue weighted by atomic mass is 32.2. The van der Waals surface area contributed by atoms with Crippen molar-refractivity contribution < 1.29 is 14.7 Å². The number of carboxylic acid groups (broad SMARTS) is 1. The van der Waals surface area contributed by atoms with Gasteiger partial charge in [-0.3, -0.25) is 14.6 Å². The van der Waals surface area contributed by atoms with Gasteiger partial charge in [-0.25, -0.2) is 0 Å². The van der Waals surface area contributed by atoms with Crippen molar-refractivity contribution in [1.82, 2.24) is 5.01 Å². The Labute approximate surface area is 206 Å². The number of amides is 1. The number of nitrogens with zero attached hydrogens (tertiary/aromatic N) is 3. The number of aryl methyl sites for hydroxylation is 1. The first kappa shape index (κ1) is 24.3. The highest BCUT2D eigenvalue weighted by Gasteiger charge is 2.30. The Hall–Kier alpha value is -2.80. The van der Waals surface area contributed by atoms with Crippen molar-refractivity contribution in [2.75, 3.05) is 36.5 Å². The molecule has 0 bridgehead atoms. The van der Waals surface area contributed by atoms with Crippen molar-refractivity contribution >= 4 is 35.5 Å². The molecule has 4 rings (SSSR count). The SMILES string of the molecule is CCC1c2cc(C(=O)N(C)c3ccc(C=NN4CCSCC4)cc3)ccc2CCC1CC(=O)O. The van der Waals surface area contributed by atoms with Crippen molar-refractivity contribution in [3.8, 4) is 0 Å². The molecule has 0 aromatic heterocycles. The topological polar surface area (TPSA) is 73.2 Å². The molecule has 180 valence electrons. The smallest absolute Gasteiger partial charge is 0.303 e. The molecule has 1 amide bonds. The lowest BCUT2D eigenvalue weighted by molar-refractivity contribution is -0.138. The van der Waals surface area contributed by atoms with E-state index < -0.39 is 5.97 Å². The predicted octanol–water partition coefficient (Wildman–Crippen LogP) is 4.88. The maximum atomic E-state index is 13.3. The van der Waals surface area contributed by atoms with Gasteiger partial charge in [-0.05, 0) is 72.1 Å². The van der Waals surface area contributed by atoms with Crippen LogP contribution in [0.2, 0.25) is 0 Å². The van der Waals surface area contributed by atoms with Crippen molar-refractivity contribution in [3.05, 3.63) is 64.7 Å². The molecule has 2 aromatic rings. The Morgan fingerprint density at radius 1 is 1.18 bits per heavy atom. The van der Waals surface area contributed by atoms with Gasteiger partial charge < -0.3 is 10.0 Å². The van der Waals surface area contributed by atoms with Crippen LogP contribution in [0.3, 0.4) is 0 Å². The number of carbonyl (C=O) groups is 2. The number of hydrogen-bond acceptors (Lipinski definition) is 5. The largest absolute Gasteiger partial charge is 0.481 e. The first-order chi connectivity index (χ1) is 16.5. The van der Waals surface area contributed by atoms with Crippen molar-refractivity contribution in [2.45, 2.75) is 38.5 Å². The fraction of sp³-hybridized carbons (Fsp3) is 0.444. The summed E-state index contributed by atoms with van der Waals surface area (Å²) in [5.74, 6) is 1.72. The summed E-state index contributed by atoms with van der Waals surface area (Å²) >= 11 is 1.96. The number of benzene rings is 2. The molecule has 1 aliphatic carbocycles. The van der Waals surface area contributed by atoms with Crippen LogP contribution in [0.1, 0.15) is 59.2 Å². The van der Waals surface area contributed by atoms with Crippen LogP contribution in [0.4, 0.5) is 5.69 Å². The summed E-state index contributed by atoms with van der Waals surface area (Å²) in [6.07, 6.45) is 4.69. The third-order valence-electron chi connectivity index (χ3n) is 6.97. The minimum atomic E-state index is -0.748. The molecule has 1 saturated heterocycles. The van der Waals surface area contributed by atoms with Gasteiger partial charge in [0.05, 0.1) is 6.21 Å². The van der Waals surface area contributed by atoms with E-state index in [1.54, 1.807) is 11.9 Å². The number of thioether (sulfide) groups is 1. The van der Waals surface area contributed by atoms with E-state index in [2.05, 4.69) is 23.1 Å². The van der Waals surface area contributed by atoms with E-state index in [-0.39, 0.29) is 24.2 Å². The number of hydrazone groups is 1. The van der Waals surface area contributed by atoms with Crippen LogP contribution in [-0.2, 0) is 11.2 Å². The minimum Gasteiger partial charge on any atom is -0.481 e. The van der Waals surface area contributed by atoms with Crippen LogP contribution in [0.25, 0.3) is 0 Å². The van der Waals surface area contributed by atoms with Gasteiger partial charge in [-0.15, -0.1) is 0 Å². The number of carbonyl (C=O) groups excluding carboxylic acids is 1. The second kappa shape index (κ2) is 11.1. The van der Waals surface area contributed by atoms with Crippen molar-refractivity contribution in [3.63, 3.8) is 0 Å². The van der Waals surface area contributed by atoms with Gasteiger partial charge in [0.25, 0.3) is 5.91 Å². The highest BCUT2D eigenvalue weighted by molar-refractivity contribution is 7.99. The predicted molar refractivity (Wildman–Crippen MR) is 139 cm³/mol. The quantitative estimate of drug-likeness (QED) is 0.573. The Morgan fingerprint density at radius 3 is 2.59 bits per heavy atom. The normalized spacial score (nSPS) is 20.2. The van der Waals surface area contributed by atoms with Gasteiger partial charge in [0, 0.05) is 49.3 Å². The van der Waals surface area contributed by atoms with Gasteiger partial charge in [0.15, 0.2) is 0 Å².